The van der Waals surface area contributed by atoms with Gasteiger partial charge in [-0.05, 0) is 28.5 Å². The Morgan fingerprint density at radius 1 is 0.750 bits per heavy atom. The standard InChI is InChI=1S/C31H28N4O/c36-31(26-15-8-12-24-11-4-5-13-25(24)26)33-29-21-32-28-16-7-6-14-27(28)30(29)35-19-17-34(18-20-35)22-23-9-2-1-3-10-23/h1-16,21H,17-20,22H2,(H,33,36). The largest absolute Gasteiger partial charge is 0.367 e. The number of nitrogens with zero attached hydrogens (tertiary/aromatic N) is 3. The van der Waals surface area contributed by atoms with Crippen molar-refractivity contribution in [3.05, 3.63) is 114 Å². The normalized spacial score (nSPS) is 14.3. The van der Waals surface area contributed by atoms with Crippen LogP contribution in [-0.4, -0.2) is 42.0 Å². The Balaban J connectivity index is 1.29. The molecule has 1 fully saturated rings. The summed E-state index contributed by atoms with van der Waals surface area (Å²) in [5, 5.41) is 6.26. The summed E-state index contributed by atoms with van der Waals surface area (Å²) < 4.78 is 0. The van der Waals surface area contributed by atoms with Crippen molar-refractivity contribution < 1.29 is 4.79 Å². The summed E-state index contributed by atoms with van der Waals surface area (Å²) in [5.74, 6) is -0.118. The number of hydrogen-bond donors (Lipinski definition) is 1. The first-order chi connectivity index (χ1) is 17.8. The van der Waals surface area contributed by atoms with E-state index in [-0.39, 0.29) is 5.91 Å². The number of fused-ring (bicyclic) bond motifs is 2. The summed E-state index contributed by atoms with van der Waals surface area (Å²) in [6.45, 7) is 4.65. The topological polar surface area (TPSA) is 48.5 Å². The highest BCUT2D eigenvalue weighted by Gasteiger charge is 2.23. The maximum Gasteiger partial charge on any atom is 0.256 e. The van der Waals surface area contributed by atoms with Gasteiger partial charge in [-0.1, -0.05) is 84.9 Å². The molecular weight excluding hydrogens is 444 g/mol. The number of benzene rings is 4. The molecule has 5 nitrogen and oxygen atoms in total. The van der Waals surface area contributed by atoms with Gasteiger partial charge in [-0.15, -0.1) is 0 Å². The minimum absolute atomic E-state index is 0.118. The van der Waals surface area contributed by atoms with Crippen LogP contribution in [0.25, 0.3) is 21.7 Å². The lowest BCUT2D eigenvalue weighted by atomic mass is 10.0. The number of carbonyl (C=O) groups excluding carboxylic acids is 1. The highest BCUT2D eigenvalue weighted by Crippen LogP contribution is 2.35. The summed E-state index contributed by atoms with van der Waals surface area (Å²) in [6.07, 6.45) is 1.80. The fourth-order valence-electron chi connectivity index (χ4n) is 5.14. The molecule has 0 saturated carbocycles. The van der Waals surface area contributed by atoms with Crippen LogP contribution in [0.15, 0.2) is 103 Å². The minimum atomic E-state index is -0.118. The van der Waals surface area contributed by atoms with Crippen LogP contribution in [0.2, 0.25) is 0 Å². The second-order valence-corrected chi connectivity index (χ2v) is 9.27. The average molecular weight is 473 g/mol. The maximum atomic E-state index is 13.5. The molecule has 0 aliphatic carbocycles. The Hall–Kier alpha value is -4.22. The number of carbonyl (C=O) groups is 1. The van der Waals surface area contributed by atoms with E-state index in [1.54, 1.807) is 6.20 Å². The van der Waals surface area contributed by atoms with Crippen LogP contribution in [-0.2, 0) is 6.54 Å². The molecule has 0 unspecified atom stereocenters. The van der Waals surface area contributed by atoms with E-state index >= 15 is 0 Å². The molecule has 1 N–H and O–H groups in total. The van der Waals surface area contributed by atoms with Gasteiger partial charge in [0.25, 0.3) is 5.91 Å². The predicted molar refractivity (Wildman–Crippen MR) is 148 cm³/mol. The van der Waals surface area contributed by atoms with Gasteiger partial charge in [0.1, 0.15) is 0 Å². The summed E-state index contributed by atoms with van der Waals surface area (Å²) in [5.41, 5.74) is 4.74. The second-order valence-electron chi connectivity index (χ2n) is 9.27. The van der Waals surface area contributed by atoms with E-state index in [4.69, 9.17) is 0 Å². The Kier molecular flexibility index (Phi) is 6.06. The Bertz CT molecular complexity index is 1520. The lowest BCUT2D eigenvalue weighted by Crippen LogP contribution is -2.46. The van der Waals surface area contributed by atoms with E-state index in [0.29, 0.717) is 5.56 Å². The van der Waals surface area contributed by atoms with Gasteiger partial charge in [-0.2, -0.15) is 0 Å². The van der Waals surface area contributed by atoms with Crippen molar-refractivity contribution in [2.45, 2.75) is 6.54 Å². The van der Waals surface area contributed by atoms with Gasteiger partial charge in [0, 0.05) is 43.7 Å². The third kappa shape index (κ3) is 4.41. The molecule has 0 bridgehead atoms. The molecule has 1 amide bonds. The first kappa shape index (κ1) is 22.3. The lowest BCUT2D eigenvalue weighted by molar-refractivity contribution is 0.102. The van der Waals surface area contributed by atoms with Gasteiger partial charge in [-0.25, -0.2) is 0 Å². The van der Waals surface area contributed by atoms with Crippen LogP contribution in [0.1, 0.15) is 15.9 Å². The van der Waals surface area contributed by atoms with E-state index in [0.717, 1.165) is 65.8 Å². The van der Waals surface area contributed by atoms with E-state index < -0.39 is 0 Å². The first-order valence-corrected chi connectivity index (χ1v) is 12.4. The molecule has 0 spiro atoms. The van der Waals surface area contributed by atoms with Crippen LogP contribution in [0.4, 0.5) is 11.4 Å². The molecule has 1 saturated heterocycles. The highest BCUT2D eigenvalue weighted by atomic mass is 16.1. The van der Waals surface area contributed by atoms with Crippen molar-refractivity contribution in [2.24, 2.45) is 0 Å². The number of aromatic nitrogens is 1. The third-order valence-electron chi connectivity index (χ3n) is 6.97. The quantitative estimate of drug-likeness (QED) is 0.343. The fourth-order valence-corrected chi connectivity index (χ4v) is 5.14. The number of hydrogen-bond acceptors (Lipinski definition) is 4. The third-order valence-corrected chi connectivity index (χ3v) is 6.97. The Morgan fingerprint density at radius 3 is 2.28 bits per heavy atom. The zero-order valence-electron chi connectivity index (χ0n) is 20.1. The minimum Gasteiger partial charge on any atom is -0.367 e. The molecular formula is C31H28N4O. The summed E-state index contributed by atoms with van der Waals surface area (Å²) in [4.78, 5) is 23.0. The van der Waals surface area contributed by atoms with Crippen molar-refractivity contribution >= 4 is 39.0 Å². The number of pyridine rings is 1. The molecule has 1 aliphatic heterocycles. The molecule has 5 aromatic rings. The van der Waals surface area contributed by atoms with Crippen molar-refractivity contribution in [2.75, 3.05) is 36.4 Å². The van der Waals surface area contributed by atoms with Crippen LogP contribution in [0, 0.1) is 0 Å². The number of para-hydroxylation sites is 1. The molecule has 2 heterocycles. The monoisotopic (exact) mass is 472 g/mol. The number of anilines is 2. The smallest absolute Gasteiger partial charge is 0.256 e. The van der Waals surface area contributed by atoms with Crippen molar-refractivity contribution in [3.63, 3.8) is 0 Å². The highest BCUT2D eigenvalue weighted by molar-refractivity contribution is 6.15. The van der Waals surface area contributed by atoms with Gasteiger partial charge in [0.15, 0.2) is 0 Å². The molecule has 36 heavy (non-hydrogen) atoms. The van der Waals surface area contributed by atoms with Gasteiger partial charge >= 0.3 is 0 Å². The average Bonchev–Trinajstić information content (AvgIpc) is 2.94. The summed E-state index contributed by atoms with van der Waals surface area (Å²) in [7, 11) is 0. The Labute approximate surface area is 211 Å². The lowest BCUT2D eigenvalue weighted by Gasteiger charge is -2.37. The maximum absolute atomic E-state index is 13.5. The molecule has 1 aromatic heterocycles. The van der Waals surface area contributed by atoms with Crippen molar-refractivity contribution in [1.82, 2.24) is 9.88 Å². The molecule has 6 rings (SSSR count). The van der Waals surface area contributed by atoms with Gasteiger partial charge in [-0.3, -0.25) is 14.7 Å². The first-order valence-electron chi connectivity index (χ1n) is 12.4. The zero-order valence-corrected chi connectivity index (χ0v) is 20.1. The number of piperazine rings is 1. The van der Waals surface area contributed by atoms with E-state index in [2.05, 4.69) is 56.5 Å². The van der Waals surface area contributed by atoms with E-state index in [1.165, 1.54) is 5.56 Å². The number of amides is 1. The van der Waals surface area contributed by atoms with E-state index in [1.807, 2.05) is 60.7 Å². The second kappa shape index (κ2) is 9.80. The molecule has 0 radical (unpaired) electrons. The molecule has 178 valence electrons. The van der Waals surface area contributed by atoms with Crippen molar-refractivity contribution in [1.29, 1.82) is 0 Å². The van der Waals surface area contributed by atoms with Gasteiger partial charge < -0.3 is 10.2 Å². The number of rotatable bonds is 5. The van der Waals surface area contributed by atoms with Gasteiger partial charge in [0.05, 0.1) is 23.1 Å². The van der Waals surface area contributed by atoms with Crippen LogP contribution < -0.4 is 10.2 Å². The van der Waals surface area contributed by atoms with Gasteiger partial charge in [0.2, 0.25) is 0 Å². The van der Waals surface area contributed by atoms with Crippen LogP contribution in [0.3, 0.4) is 0 Å². The van der Waals surface area contributed by atoms with Crippen molar-refractivity contribution in [3.8, 4) is 0 Å². The molecule has 1 aliphatic rings. The zero-order chi connectivity index (χ0) is 24.3. The van der Waals surface area contributed by atoms with Crippen LogP contribution in [0.5, 0.6) is 0 Å². The van der Waals surface area contributed by atoms with E-state index in [9.17, 15) is 4.79 Å². The Morgan fingerprint density at radius 2 is 1.44 bits per heavy atom. The predicted octanol–water partition coefficient (Wildman–Crippen LogP) is 5.96. The number of nitrogens with one attached hydrogen (secondary N) is 1. The fraction of sp³-hybridized carbons (Fsp3) is 0.161. The summed E-state index contributed by atoms with van der Waals surface area (Å²) >= 11 is 0. The molecule has 0 atom stereocenters. The summed E-state index contributed by atoms with van der Waals surface area (Å²) in [6, 6.07) is 32.6. The molecule has 4 aromatic carbocycles. The van der Waals surface area contributed by atoms with Crippen LogP contribution >= 0.6 is 0 Å². The SMILES string of the molecule is O=C(Nc1cnc2ccccc2c1N1CCN(Cc2ccccc2)CC1)c1cccc2ccccc12. The molecule has 5 heteroatoms.